The highest BCUT2D eigenvalue weighted by Gasteiger charge is 2.25. The Bertz CT molecular complexity index is 620. The van der Waals surface area contributed by atoms with Crippen molar-refractivity contribution in [3.63, 3.8) is 0 Å². The lowest BCUT2D eigenvalue weighted by Crippen LogP contribution is -2.18. The minimum atomic E-state index is 0.660. The fourth-order valence-electron chi connectivity index (χ4n) is 2.75. The van der Waals surface area contributed by atoms with E-state index in [9.17, 15) is 0 Å². The minimum absolute atomic E-state index is 0.660. The molecule has 1 N–H and O–H groups in total. The normalized spacial score (nSPS) is 18.2. The third-order valence-corrected chi connectivity index (χ3v) is 4.28. The van der Waals surface area contributed by atoms with Gasteiger partial charge in [-0.15, -0.1) is 0 Å². The van der Waals surface area contributed by atoms with E-state index >= 15 is 0 Å². The number of hydrogen-bond acceptors (Lipinski definition) is 1. The number of hydrogen-bond donors (Lipinski definition) is 1. The van der Waals surface area contributed by atoms with E-state index in [0.29, 0.717) is 5.92 Å². The van der Waals surface area contributed by atoms with Crippen LogP contribution >= 0.6 is 0 Å². The van der Waals surface area contributed by atoms with Gasteiger partial charge >= 0.3 is 0 Å². The van der Waals surface area contributed by atoms with E-state index in [0.717, 1.165) is 23.7 Å². The van der Waals surface area contributed by atoms with Crippen molar-refractivity contribution >= 4 is 5.84 Å². The summed E-state index contributed by atoms with van der Waals surface area (Å²) in [5.74, 6) is 1.53. The molecule has 0 unspecified atom stereocenters. The van der Waals surface area contributed by atoms with Crippen LogP contribution in [0.1, 0.15) is 53.9 Å². The first kappa shape index (κ1) is 20.0. The fourth-order valence-corrected chi connectivity index (χ4v) is 2.75. The number of allylic oxidation sites excluding steroid dienone is 9. The van der Waals surface area contributed by atoms with Crippen molar-refractivity contribution in [2.75, 3.05) is 0 Å². The van der Waals surface area contributed by atoms with Gasteiger partial charge in [0.05, 0.1) is 0 Å². The third kappa shape index (κ3) is 6.19. The van der Waals surface area contributed by atoms with Gasteiger partial charge in [0.2, 0.25) is 0 Å². The highest BCUT2D eigenvalue weighted by molar-refractivity contribution is 5.82. The molecule has 1 aliphatic rings. The predicted octanol–water partition coefficient (Wildman–Crippen LogP) is 6.24. The zero-order valence-electron chi connectivity index (χ0n) is 15.9. The number of nitrogens with zero attached hydrogens (tertiary/aromatic N) is 1. The molecule has 0 radical (unpaired) electrons. The molecule has 0 bridgehead atoms. The lowest BCUT2D eigenvalue weighted by molar-refractivity contribution is 0.999. The van der Waals surface area contributed by atoms with Crippen LogP contribution in [0.2, 0.25) is 0 Å². The van der Waals surface area contributed by atoms with Crippen molar-refractivity contribution < 1.29 is 0 Å². The minimum Gasteiger partial charge on any atom is -0.344 e. The van der Waals surface area contributed by atoms with Crippen LogP contribution in [0.3, 0.4) is 0 Å². The van der Waals surface area contributed by atoms with Gasteiger partial charge in [-0.2, -0.15) is 0 Å². The Hall–Kier alpha value is -2.09. The molecule has 0 aromatic heterocycles. The molecule has 0 aromatic carbocycles. The number of amidine groups is 1. The van der Waals surface area contributed by atoms with Gasteiger partial charge in [-0.3, -0.25) is 0 Å². The summed E-state index contributed by atoms with van der Waals surface area (Å²) < 4.78 is 0. The maximum atomic E-state index is 4.68. The second-order valence-corrected chi connectivity index (χ2v) is 6.18. The van der Waals surface area contributed by atoms with E-state index < -0.39 is 0 Å². The Labute approximate surface area is 148 Å². The highest BCUT2D eigenvalue weighted by atomic mass is 15.0. The van der Waals surface area contributed by atoms with Crippen LogP contribution in [0.25, 0.3) is 0 Å². The molecule has 1 fully saturated rings. The molecular formula is C22H32N2. The molecule has 24 heavy (non-hydrogen) atoms. The van der Waals surface area contributed by atoms with Crippen molar-refractivity contribution in [3.8, 4) is 0 Å². The SMILES string of the molecule is C=C/C(=C(/C)N=C(C)N/C(C=C)=C/C=C(C)/C(=C/C)CC)C1CC1. The molecule has 1 aliphatic carbocycles. The van der Waals surface area contributed by atoms with Gasteiger partial charge < -0.3 is 5.32 Å². The van der Waals surface area contributed by atoms with Crippen LogP contribution in [-0.2, 0) is 0 Å². The zero-order valence-corrected chi connectivity index (χ0v) is 15.9. The number of rotatable bonds is 8. The molecule has 0 atom stereocenters. The van der Waals surface area contributed by atoms with E-state index in [-0.39, 0.29) is 0 Å². The maximum absolute atomic E-state index is 4.68. The average molecular weight is 325 g/mol. The summed E-state index contributed by atoms with van der Waals surface area (Å²) in [6, 6.07) is 0. The van der Waals surface area contributed by atoms with Gasteiger partial charge in [0, 0.05) is 11.4 Å². The first-order valence-electron chi connectivity index (χ1n) is 8.78. The Morgan fingerprint density at radius 3 is 2.25 bits per heavy atom. The van der Waals surface area contributed by atoms with Crippen molar-refractivity contribution in [1.82, 2.24) is 5.32 Å². The Morgan fingerprint density at radius 2 is 1.79 bits per heavy atom. The average Bonchev–Trinajstić information content (AvgIpc) is 3.38. The molecule has 1 rings (SSSR count). The second-order valence-electron chi connectivity index (χ2n) is 6.18. The lowest BCUT2D eigenvalue weighted by Gasteiger charge is -2.09. The molecular weight excluding hydrogens is 292 g/mol. The molecule has 0 aliphatic heterocycles. The molecule has 0 saturated heterocycles. The Balaban J connectivity index is 2.89. The van der Waals surface area contributed by atoms with Crippen LogP contribution in [0, 0.1) is 5.92 Å². The molecule has 2 heteroatoms. The van der Waals surface area contributed by atoms with Crippen molar-refractivity contribution in [1.29, 1.82) is 0 Å². The van der Waals surface area contributed by atoms with Crippen LogP contribution in [-0.4, -0.2) is 5.84 Å². The van der Waals surface area contributed by atoms with Crippen LogP contribution in [0.4, 0.5) is 0 Å². The van der Waals surface area contributed by atoms with E-state index in [2.05, 4.69) is 69.4 Å². The van der Waals surface area contributed by atoms with Crippen LogP contribution < -0.4 is 5.32 Å². The van der Waals surface area contributed by atoms with E-state index in [1.165, 1.54) is 29.6 Å². The van der Waals surface area contributed by atoms with Crippen molar-refractivity contribution in [3.05, 3.63) is 71.7 Å². The topological polar surface area (TPSA) is 24.4 Å². The third-order valence-electron chi connectivity index (χ3n) is 4.28. The lowest BCUT2D eigenvalue weighted by atomic mass is 10.0. The van der Waals surface area contributed by atoms with Gasteiger partial charge in [-0.1, -0.05) is 38.3 Å². The second kappa shape index (κ2) is 9.92. The number of aliphatic imine (C=N–C) groups is 1. The van der Waals surface area contributed by atoms with Crippen molar-refractivity contribution in [2.45, 2.75) is 53.9 Å². The van der Waals surface area contributed by atoms with E-state index in [1.54, 1.807) is 0 Å². The predicted molar refractivity (Wildman–Crippen MR) is 108 cm³/mol. The summed E-state index contributed by atoms with van der Waals surface area (Å²) in [5, 5.41) is 3.33. The molecule has 1 saturated carbocycles. The van der Waals surface area contributed by atoms with Gasteiger partial charge in [0.15, 0.2) is 0 Å². The Morgan fingerprint density at radius 1 is 1.12 bits per heavy atom. The monoisotopic (exact) mass is 324 g/mol. The molecule has 0 heterocycles. The highest BCUT2D eigenvalue weighted by Crippen LogP contribution is 2.38. The maximum Gasteiger partial charge on any atom is 0.103 e. The van der Waals surface area contributed by atoms with Crippen LogP contribution in [0.15, 0.2) is 76.6 Å². The summed E-state index contributed by atoms with van der Waals surface area (Å²) in [4.78, 5) is 4.68. The molecule has 0 spiro atoms. The van der Waals surface area contributed by atoms with Crippen molar-refractivity contribution in [2.24, 2.45) is 10.9 Å². The van der Waals surface area contributed by atoms with Gasteiger partial charge in [0.25, 0.3) is 0 Å². The summed E-state index contributed by atoms with van der Waals surface area (Å²) in [6.45, 7) is 18.2. The largest absolute Gasteiger partial charge is 0.344 e. The summed E-state index contributed by atoms with van der Waals surface area (Å²) in [5.41, 5.74) is 5.90. The fraction of sp³-hybridized carbons (Fsp3) is 0.409. The molecule has 0 amide bonds. The summed E-state index contributed by atoms with van der Waals surface area (Å²) in [7, 11) is 0. The van der Waals surface area contributed by atoms with Gasteiger partial charge in [-0.25, -0.2) is 4.99 Å². The Kier molecular flexibility index (Phi) is 8.25. The summed E-state index contributed by atoms with van der Waals surface area (Å²) >= 11 is 0. The smallest absolute Gasteiger partial charge is 0.103 e. The standard InChI is InChI=1S/C22H32N2/c1-8-19(9-2)16(5)12-15-21(10-3)24-18(7)23-17(6)22(11-4)20-13-14-20/h8,10-12,15,20H,3-4,9,13-14H2,1-2,5-7H3,(H,23,24)/b16-12+,19-8+,21-15+,22-17+. The molecule has 2 nitrogen and oxygen atoms in total. The zero-order chi connectivity index (χ0) is 18.1. The van der Waals surface area contributed by atoms with Crippen LogP contribution in [0.5, 0.6) is 0 Å². The molecule has 130 valence electrons. The van der Waals surface area contributed by atoms with E-state index in [1.807, 2.05) is 19.1 Å². The quantitative estimate of drug-likeness (QED) is 0.319. The van der Waals surface area contributed by atoms with E-state index in [4.69, 9.17) is 0 Å². The molecule has 0 aromatic rings. The summed E-state index contributed by atoms with van der Waals surface area (Å²) in [6.07, 6.45) is 13.7. The van der Waals surface area contributed by atoms with Gasteiger partial charge in [-0.05, 0) is 81.7 Å². The first-order chi connectivity index (χ1) is 11.5. The number of nitrogens with one attached hydrogen (secondary N) is 1. The first-order valence-corrected chi connectivity index (χ1v) is 8.78. The van der Waals surface area contributed by atoms with Gasteiger partial charge in [0.1, 0.15) is 5.84 Å².